The van der Waals surface area contributed by atoms with Gasteiger partial charge in [-0.15, -0.1) is 0 Å². The van der Waals surface area contributed by atoms with Crippen molar-refractivity contribution in [2.24, 2.45) is 0 Å². The van der Waals surface area contributed by atoms with Crippen molar-refractivity contribution < 1.29 is 19.5 Å². The van der Waals surface area contributed by atoms with Gasteiger partial charge in [0.15, 0.2) is 0 Å². The van der Waals surface area contributed by atoms with E-state index >= 15 is 0 Å². The molecule has 1 aliphatic carbocycles. The molecule has 0 atom stereocenters. The molecule has 7 heteroatoms. The Hall–Kier alpha value is -0.970. The second kappa shape index (κ2) is 5.91. The van der Waals surface area contributed by atoms with Crippen molar-refractivity contribution in [2.75, 3.05) is 4.90 Å². The van der Waals surface area contributed by atoms with Gasteiger partial charge in [-0.25, -0.2) is 9.69 Å². The average Bonchev–Trinajstić information content (AvgIpc) is 2.72. The van der Waals surface area contributed by atoms with Crippen molar-refractivity contribution in [3.63, 3.8) is 0 Å². The first-order valence-electron chi connectivity index (χ1n) is 6.75. The molecule has 0 radical (unpaired) electrons. The summed E-state index contributed by atoms with van der Waals surface area (Å²) in [7, 11) is 0. The van der Waals surface area contributed by atoms with E-state index in [9.17, 15) is 14.4 Å². The van der Waals surface area contributed by atoms with E-state index in [-0.39, 0.29) is 17.4 Å². The van der Waals surface area contributed by atoms with Crippen LogP contribution in [0.3, 0.4) is 0 Å². The van der Waals surface area contributed by atoms with E-state index in [0.29, 0.717) is 36.8 Å². The van der Waals surface area contributed by atoms with E-state index in [2.05, 4.69) is 0 Å². The summed E-state index contributed by atoms with van der Waals surface area (Å²) in [5.41, 5.74) is 1.90. The minimum Gasteiger partial charge on any atom is -0.478 e. The lowest BCUT2D eigenvalue weighted by Crippen LogP contribution is -2.33. The molecule has 0 spiro atoms. The largest absolute Gasteiger partial charge is 0.478 e. The summed E-state index contributed by atoms with van der Waals surface area (Å²) < 4.78 is 1.17. The molecule has 1 aliphatic heterocycles. The molecule has 0 saturated carbocycles. The number of imide groups is 1. The molecule has 1 aromatic carbocycles. The van der Waals surface area contributed by atoms with E-state index in [1.807, 2.05) is 45.2 Å². The molecule has 3 rings (SSSR count). The molecule has 114 valence electrons. The number of carbonyl (C=O) groups excluding carboxylic acids is 2. The van der Waals surface area contributed by atoms with Gasteiger partial charge in [-0.1, -0.05) is 0 Å². The van der Waals surface area contributed by atoms with Crippen molar-refractivity contribution in [1.29, 1.82) is 0 Å². The van der Waals surface area contributed by atoms with Crippen molar-refractivity contribution >= 4 is 68.7 Å². The van der Waals surface area contributed by atoms with Crippen LogP contribution < -0.4 is 4.90 Å². The first-order chi connectivity index (χ1) is 10.4. The van der Waals surface area contributed by atoms with Crippen LogP contribution in [0.2, 0.25) is 0 Å². The zero-order valence-corrected chi connectivity index (χ0v) is 15.7. The molecule has 2 amide bonds. The highest BCUT2D eigenvalue weighted by atomic mass is 127. The van der Waals surface area contributed by atoms with Crippen molar-refractivity contribution in [3.05, 3.63) is 36.0 Å². The summed E-state index contributed by atoms with van der Waals surface area (Å²) in [5, 5.41) is 9.10. The van der Waals surface area contributed by atoms with Crippen LogP contribution in [0.1, 0.15) is 36.0 Å². The summed E-state index contributed by atoms with van der Waals surface area (Å²) in [5.74, 6) is -1.53. The van der Waals surface area contributed by atoms with Gasteiger partial charge in [0.05, 0.1) is 11.3 Å². The van der Waals surface area contributed by atoms with Crippen LogP contribution >= 0.6 is 45.2 Å². The topological polar surface area (TPSA) is 74.7 Å². The lowest BCUT2D eigenvalue weighted by molar-refractivity contribution is -0.120. The monoisotopic (exact) mass is 523 g/mol. The number of carbonyl (C=O) groups is 3. The summed E-state index contributed by atoms with van der Waals surface area (Å²) in [4.78, 5) is 37.5. The zero-order chi connectivity index (χ0) is 16.0. The number of rotatable bonds is 2. The molecule has 0 fully saturated rings. The van der Waals surface area contributed by atoms with E-state index in [4.69, 9.17) is 5.11 Å². The molecule has 0 saturated heterocycles. The molecular weight excluding hydrogens is 512 g/mol. The third-order valence-corrected chi connectivity index (χ3v) is 5.52. The minimum absolute atomic E-state index is 0.148. The van der Waals surface area contributed by atoms with Crippen LogP contribution in [0, 0.1) is 7.14 Å². The summed E-state index contributed by atoms with van der Waals surface area (Å²) in [6, 6.07) is 2.97. The van der Waals surface area contributed by atoms with Gasteiger partial charge in [0, 0.05) is 18.3 Å². The van der Waals surface area contributed by atoms with Gasteiger partial charge in [-0.2, -0.15) is 0 Å². The molecule has 0 unspecified atom stereocenters. The smallest absolute Gasteiger partial charge is 0.335 e. The number of nitrogens with zero attached hydrogens (tertiary/aromatic N) is 1. The van der Waals surface area contributed by atoms with E-state index in [1.54, 1.807) is 0 Å². The second-order valence-electron chi connectivity index (χ2n) is 5.20. The van der Waals surface area contributed by atoms with Gasteiger partial charge >= 0.3 is 5.97 Å². The fraction of sp³-hybridized carbons (Fsp3) is 0.267. The van der Waals surface area contributed by atoms with Gasteiger partial charge in [0.1, 0.15) is 0 Å². The summed E-state index contributed by atoms with van der Waals surface area (Å²) in [6.07, 6.45) is 3.16. The zero-order valence-electron chi connectivity index (χ0n) is 11.4. The number of carboxylic acids is 1. The van der Waals surface area contributed by atoms with Crippen molar-refractivity contribution in [3.8, 4) is 0 Å². The maximum atomic E-state index is 12.6. The fourth-order valence-corrected chi connectivity index (χ4v) is 5.10. The van der Waals surface area contributed by atoms with Crippen LogP contribution in [-0.4, -0.2) is 22.9 Å². The Morgan fingerprint density at radius 2 is 1.45 bits per heavy atom. The molecule has 1 N–H and O–H groups in total. The Kier molecular flexibility index (Phi) is 4.27. The number of benzene rings is 1. The summed E-state index contributed by atoms with van der Waals surface area (Å²) in [6.45, 7) is 0. The number of carboxylic acid groups (broad SMARTS) is 1. The van der Waals surface area contributed by atoms with Gasteiger partial charge in [-0.05, 0) is 83.0 Å². The Labute approximate surface area is 154 Å². The molecule has 1 aromatic rings. The van der Waals surface area contributed by atoms with E-state index in [1.165, 1.54) is 17.0 Å². The predicted molar refractivity (Wildman–Crippen MR) is 96.8 cm³/mol. The van der Waals surface area contributed by atoms with Crippen LogP contribution in [0.4, 0.5) is 5.69 Å². The average molecular weight is 523 g/mol. The molecule has 0 aromatic heterocycles. The SMILES string of the molecule is O=C(O)c1cc(I)c(N2C(=O)C3=C(CCCC3)C2=O)c(I)c1. The van der Waals surface area contributed by atoms with E-state index in [0.717, 1.165) is 12.8 Å². The number of hydrogen-bond donors (Lipinski definition) is 1. The van der Waals surface area contributed by atoms with Gasteiger partial charge < -0.3 is 5.11 Å². The van der Waals surface area contributed by atoms with Crippen LogP contribution in [0.15, 0.2) is 23.3 Å². The highest BCUT2D eigenvalue weighted by Gasteiger charge is 2.41. The highest BCUT2D eigenvalue weighted by Crippen LogP contribution is 2.39. The Morgan fingerprint density at radius 1 is 1.00 bits per heavy atom. The first-order valence-corrected chi connectivity index (χ1v) is 8.90. The van der Waals surface area contributed by atoms with E-state index < -0.39 is 5.97 Å². The molecule has 0 bridgehead atoms. The molecular formula is C15H11I2NO4. The predicted octanol–water partition coefficient (Wildman–Crippen LogP) is 3.34. The first kappa shape index (κ1) is 15.9. The highest BCUT2D eigenvalue weighted by molar-refractivity contribution is 14.1. The molecule has 22 heavy (non-hydrogen) atoms. The second-order valence-corrected chi connectivity index (χ2v) is 7.53. The van der Waals surface area contributed by atoms with Crippen LogP contribution in [0.25, 0.3) is 0 Å². The molecule has 2 aliphatic rings. The Bertz CT molecular complexity index is 703. The Balaban J connectivity index is 2.08. The lowest BCUT2D eigenvalue weighted by atomic mass is 9.93. The number of anilines is 1. The Morgan fingerprint density at radius 3 is 1.86 bits per heavy atom. The maximum Gasteiger partial charge on any atom is 0.335 e. The standard InChI is InChI=1S/C15H11I2NO4/c16-10-5-7(15(21)22)6-11(17)12(10)18-13(19)8-3-1-2-4-9(8)14(18)20/h5-6H,1-4H2,(H,21,22). The van der Waals surface area contributed by atoms with Gasteiger partial charge in [0.2, 0.25) is 0 Å². The fourth-order valence-electron chi connectivity index (χ4n) is 2.85. The normalized spacial score (nSPS) is 18.0. The lowest BCUT2D eigenvalue weighted by Gasteiger charge is -2.19. The number of halogens is 2. The maximum absolute atomic E-state index is 12.6. The third kappa shape index (κ3) is 2.47. The summed E-state index contributed by atoms with van der Waals surface area (Å²) >= 11 is 3.95. The molecule has 1 heterocycles. The van der Waals surface area contributed by atoms with Crippen molar-refractivity contribution in [2.45, 2.75) is 25.7 Å². The van der Waals surface area contributed by atoms with Gasteiger partial charge in [-0.3, -0.25) is 9.59 Å². The van der Waals surface area contributed by atoms with Crippen LogP contribution in [-0.2, 0) is 9.59 Å². The number of aromatic carboxylic acids is 1. The quantitative estimate of drug-likeness (QED) is 0.477. The van der Waals surface area contributed by atoms with Gasteiger partial charge in [0.25, 0.3) is 11.8 Å². The number of amides is 2. The van der Waals surface area contributed by atoms with Crippen LogP contribution in [0.5, 0.6) is 0 Å². The third-order valence-electron chi connectivity index (χ3n) is 3.88. The number of hydrogen-bond acceptors (Lipinski definition) is 3. The van der Waals surface area contributed by atoms with Crippen molar-refractivity contribution in [1.82, 2.24) is 0 Å². The molecule has 5 nitrogen and oxygen atoms in total. The minimum atomic E-state index is -1.03.